The summed E-state index contributed by atoms with van der Waals surface area (Å²) in [5.41, 5.74) is 7.97. The number of carbonyl (C=O) groups excluding carboxylic acids is 1. The zero-order valence-electron chi connectivity index (χ0n) is 35.6. The number of piperazine rings is 2. The molecule has 65 heavy (non-hydrogen) atoms. The minimum Gasteiger partial charge on any atom is -0.487 e. The molecule has 2 aliphatic heterocycles. The molecule has 1 aromatic heterocycles. The Labute approximate surface area is 381 Å². The summed E-state index contributed by atoms with van der Waals surface area (Å²) in [7, 11) is -2.12. The summed E-state index contributed by atoms with van der Waals surface area (Å²) in [6.07, 6.45) is -7.85. The van der Waals surface area contributed by atoms with Crippen LogP contribution in [0.4, 0.5) is 26.3 Å². The van der Waals surface area contributed by atoms with E-state index in [9.17, 15) is 39.6 Å². The van der Waals surface area contributed by atoms with Crippen LogP contribution in [-0.2, 0) is 31.0 Å². The number of fused-ring (bicyclic) bond motifs is 1. The molecule has 2 saturated heterocycles. The predicted octanol–water partition coefficient (Wildman–Crippen LogP) is 5.30. The third-order valence-electron chi connectivity index (χ3n) is 10.8. The van der Waals surface area contributed by atoms with Crippen LogP contribution in [0.25, 0.3) is 10.9 Å². The van der Waals surface area contributed by atoms with Gasteiger partial charge in [-0.2, -0.15) is 31.1 Å². The Bertz CT molecular complexity index is 2300. The number of hydrogen-bond acceptors (Lipinski definition) is 10. The number of benzene rings is 2. The van der Waals surface area contributed by atoms with E-state index in [1.807, 2.05) is 38.1 Å². The normalized spacial score (nSPS) is 17.5. The van der Waals surface area contributed by atoms with Crippen molar-refractivity contribution >= 4 is 67.9 Å². The molecule has 3 heterocycles. The molecule has 3 aliphatic rings. The van der Waals surface area contributed by atoms with Crippen LogP contribution in [0.1, 0.15) is 42.5 Å². The Hall–Kier alpha value is -4.68. The minimum atomic E-state index is -5.08. The molecule has 3 aromatic rings. The van der Waals surface area contributed by atoms with E-state index in [2.05, 4.69) is 36.4 Å². The molecule has 6 rings (SSSR count). The first-order valence-corrected chi connectivity index (χ1v) is 22.4. The highest BCUT2D eigenvalue weighted by Gasteiger charge is 2.47. The number of nitrogens with one attached hydrogen (secondary N) is 1. The maximum atomic E-state index is 14.1. The van der Waals surface area contributed by atoms with E-state index in [-0.39, 0.29) is 27.5 Å². The Morgan fingerprint density at radius 3 is 2.00 bits per heavy atom. The second-order valence-electron chi connectivity index (χ2n) is 15.5. The molecule has 360 valence electrons. The van der Waals surface area contributed by atoms with Gasteiger partial charge in [0.2, 0.25) is 15.9 Å². The molecule has 16 nitrogen and oxygen atoms in total. The summed E-state index contributed by atoms with van der Waals surface area (Å²) in [5.74, 6) is -4.58. The lowest BCUT2D eigenvalue weighted by atomic mass is 9.96. The van der Waals surface area contributed by atoms with Gasteiger partial charge in [0.15, 0.2) is 5.96 Å². The van der Waals surface area contributed by atoms with Crippen LogP contribution in [0.15, 0.2) is 46.3 Å². The van der Waals surface area contributed by atoms with Crippen molar-refractivity contribution in [2.75, 3.05) is 72.5 Å². The number of carboxylic acid groups (broad SMARTS) is 2. The average Bonchev–Trinajstić information content (AvgIpc) is 3.69. The summed E-state index contributed by atoms with van der Waals surface area (Å²) < 4.78 is 101. The zero-order chi connectivity index (χ0) is 48.5. The first-order valence-electron chi connectivity index (χ1n) is 20.1. The van der Waals surface area contributed by atoms with Crippen molar-refractivity contribution in [3.05, 3.63) is 63.3 Å². The van der Waals surface area contributed by atoms with Gasteiger partial charge in [0, 0.05) is 80.6 Å². The lowest BCUT2D eigenvalue weighted by Crippen LogP contribution is -2.61. The number of pyridine rings is 1. The molecule has 1 saturated carbocycles. The lowest BCUT2D eigenvalue weighted by molar-refractivity contribution is -0.193. The maximum Gasteiger partial charge on any atom is 0.490 e. The fourth-order valence-electron chi connectivity index (χ4n) is 7.31. The molecule has 5 N–H and O–H groups in total. The van der Waals surface area contributed by atoms with E-state index in [1.165, 1.54) is 12.1 Å². The molecule has 25 heteroatoms. The second-order valence-corrected chi connectivity index (χ2v) is 18.0. The summed E-state index contributed by atoms with van der Waals surface area (Å²) >= 11 is 13.4. The first-order chi connectivity index (χ1) is 30.3. The maximum absolute atomic E-state index is 14.1. The molecule has 3 fully saturated rings. The average molecular weight is 988 g/mol. The van der Waals surface area contributed by atoms with Gasteiger partial charge in [0.25, 0.3) is 0 Å². The van der Waals surface area contributed by atoms with Gasteiger partial charge in [-0.1, -0.05) is 48.2 Å². The Kier molecular flexibility index (Phi) is 18.1. The molecule has 0 bridgehead atoms. The number of ether oxygens (including phenoxy) is 1. The smallest absolute Gasteiger partial charge is 0.487 e. The van der Waals surface area contributed by atoms with E-state index < -0.39 is 39.9 Å². The molecular weight excluding hydrogens is 937 g/mol. The van der Waals surface area contributed by atoms with Gasteiger partial charge in [-0.25, -0.2) is 23.0 Å². The number of aliphatic carboxylic acids is 2. The van der Waals surface area contributed by atoms with Gasteiger partial charge in [-0.15, -0.1) is 0 Å². The molecule has 0 unspecified atom stereocenters. The van der Waals surface area contributed by atoms with Crippen LogP contribution in [-0.4, -0.2) is 157 Å². The number of hydrogen-bond donors (Lipinski definition) is 4. The fraction of sp³-hybridized carbons (Fsp3) is 0.525. The summed E-state index contributed by atoms with van der Waals surface area (Å²) in [5, 5.41) is 15.4. The number of aromatic nitrogens is 1. The van der Waals surface area contributed by atoms with Gasteiger partial charge < -0.3 is 35.4 Å². The van der Waals surface area contributed by atoms with Crippen molar-refractivity contribution in [1.82, 2.24) is 29.3 Å². The van der Waals surface area contributed by atoms with Crippen molar-refractivity contribution in [2.24, 2.45) is 10.7 Å². The van der Waals surface area contributed by atoms with Crippen LogP contribution < -0.4 is 15.2 Å². The number of guanidine groups is 1. The van der Waals surface area contributed by atoms with Gasteiger partial charge in [-0.05, 0) is 63.6 Å². The van der Waals surface area contributed by atoms with Crippen molar-refractivity contribution in [2.45, 2.75) is 68.9 Å². The number of rotatable bonds is 10. The molecule has 1 aliphatic carbocycles. The monoisotopic (exact) mass is 986 g/mol. The quantitative estimate of drug-likeness (QED) is 0.116. The number of sulfonamides is 1. The van der Waals surface area contributed by atoms with Gasteiger partial charge in [0.05, 0.1) is 11.6 Å². The highest BCUT2D eigenvalue weighted by Crippen LogP contribution is 2.37. The SMILES string of the molecule is Cc1cc(C)c2cccc(OCc3c(Cl)ccc(S(=O)(=O)NC4(C(=O)N5CCN(CCN=C(N)N6CCN(C)CC6)CC5)CCCC4)c3Cl)c2n1.O=C(O)C(F)(F)F.O=C(O)C(F)(F)F. The number of halogens is 8. The summed E-state index contributed by atoms with van der Waals surface area (Å²) in [6.45, 7) is 11.2. The number of carboxylic acids is 2. The van der Waals surface area contributed by atoms with Crippen LogP contribution in [0, 0.1) is 13.8 Å². The standard InChI is InChI=1S/C36H48Cl2N8O4S.2C2HF3O2/c1-25-23-26(2)41-33-27(25)7-6-8-30(33)50-24-28-29(37)9-10-31(32(28)38)51(48,49)42-36(11-4-5-12-36)34(47)45-21-17-44(18-22-45)14-13-40-35(39)46-19-15-43(3)16-20-46;2*3-2(4,5)1(6)7/h6-10,23,42H,4-5,11-22,24H2,1-3H3,(H2,39,40);2*(H,6,7). The van der Waals surface area contributed by atoms with Crippen LogP contribution in [0.5, 0.6) is 5.75 Å². The Morgan fingerprint density at radius 2 is 1.45 bits per heavy atom. The minimum absolute atomic E-state index is 0.0410. The van der Waals surface area contributed by atoms with Crippen LogP contribution >= 0.6 is 23.2 Å². The molecule has 2 aromatic carbocycles. The first kappa shape index (κ1) is 52.9. The highest BCUT2D eigenvalue weighted by molar-refractivity contribution is 7.89. The third-order valence-corrected chi connectivity index (χ3v) is 13.3. The number of carbonyl (C=O) groups is 3. The van der Waals surface area contributed by atoms with Crippen molar-refractivity contribution < 1.29 is 64.1 Å². The summed E-state index contributed by atoms with van der Waals surface area (Å²) in [6, 6.07) is 10.6. The molecule has 1 amide bonds. The number of aryl methyl sites for hydroxylation is 2. The van der Waals surface area contributed by atoms with Gasteiger partial charge >= 0.3 is 24.3 Å². The number of para-hydroxylation sites is 1. The Balaban J connectivity index is 0.000000572. The van der Waals surface area contributed by atoms with E-state index >= 15 is 0 Å². The largest absolute Gasteiger partial charge is 0.490 e. The van der Waals surface area contributed by atoms with Gasteiger partial charge in [0.1, 0.15) is 28.3 Å². The number of nitrogens with zero attached hydrogens (tertiary/aromatic N) is 6. The van der Waals surface area contributed by atoms with E-state index in [0.717, 1.165) is 62.2 Å². The number of alkyl halides is 6. The van der Waals surface area contributed by atoms with Crippen LogP contribution in [0.3, 0.4) is 0 Å². The third kappa shape index (κ3) is 14.4. The molecular formula is C40H50Cl2F6N8O8S. The topological polar surface area (TPSA) is 211 Å². The fourth-order valence-corrected chi connectivity index (χ4v) is 9.61. The van der Waals surface area contributed by atoms with Crippen LogP contribution in [0.2, 0.25) is 10.0 Å². The molecule has 0 radical (unpaired) electrons. The van der Waals surface area contributed by atoms with Gasteiger partial charge in [-0.3, -0.25) is 14.7 Å². The number of amides is 1. The zero-order valence-corrected chi connectivity index (χ0v) is 37.9. The van der Waals surface area contributed by atoms with Crippen molar-refractivity contribution in [1.29, 1.82) is 0 Å². The predicted molar refractivity (Wildman–Crippen MR) is 229 cm³/mol. The summed E-state index contributed by atoms with van der Waals surface area (Å²) in [4.78, 5) is 49.5. The van der Waals surface area contributed by atoms with Crippen molar-refractivity contribution in [3.63, 3.8) is 0 Å². The Morgan fingerprint density at radius 1 is 0.892 bits per heavy atom. The molecule has 0 atom stereocenters. The highest BCUT2D eigenvalue weighted by atomic mass is 35.5. The van der Waals surface area contributed by atoms with E-state index in [1.54, 1.807) is 4.90 Å². The molecule has 0 spiro atoms. The van der Waals surface area contributed by atoms with E-state index in [0.29, 0.717) is 68.4 Å². The van der Waals surface area contributed by atoms with Crippen molar-refractivity contribution in [3.8, 4) is 5.75 Å². The van der Waals surface area contributed by atoms with E-state index in [4.69, 9.17) is 53.5 Å². The second kappa shape index (κ2) is 22.2. The number of nitrogens with two attached hydrogens (primary N) is 1. The number of aliphatic imine (C=N–C) groups is 1. The number of likely N-dealkylation sites (N-methyl/N-ethyl adjacent to an activating group) is 1. The lowest BCUT2D eigenvalue weighted by Gasteiger charge is -2.40.